The van der Waals surface area contributed by atoms with Crippen LogP contribution in [-0.2, 0) is 4.74 Å². The fourth-order valence-electron chi connectivity index (χ4n) is 2.30. The van der Waals surface area contributed by atoms with Crippen molar-refractivity contribution in [2.45, 2.75) is 20.8 Å². The molecule has 0 radical (unpaired) electrons. The summed E-state index contributed by atoms with van der Waals surface area (Å²) < 4.78 is 4.99. The number of nitrogens with one attached hydrogen (secondary N) is 2. The number of rotatable bonds is 5. The Morgan fingerprint density at radius 3 is 2.71 bits per heavy atom. The normalized spacial score (nSPS) is 10.8. The van der Waals surface area contributed by atoms with E-state index in [-0.39, 0.29) is 18.1 Å². The van der Waals surface area contributed by atoms with E-state index in [1.165, 1.54) is 12.3 Å². The molecule has 1 amide bonds. The van der Waals surface area contributed by atoms with Gasteiger partial charge in [-0.25, -0.2) is 10.2 Å². The molecule has 0 aliphatic carbocycles. The number of carbonyl (C=O) groups excluding carboxylic acids is 2. The second kappa shape index (κ2) is 7.45. The van der Waals surface area contributed by atoms with Crippen molar-refractivity contribution in [3.05, 3.63) is 52.3 Å². The number of aromatic amines is 1. The first-order valence-corrected chi connectivity index (χ1v) is 7.43. The highest BCUT2D eigenvalue weighted by Gasteiger charge is 2.22. The third-order valence-electron chi connectivity index (χ3n) is 3.45. The lowest BCUT2D eigenvalue weighted by molar-refractivity contribution is 0.0525. The van der Waals surface area contributed by atoms with Gasteiger partial charge in [0.1, 0.15) is 11.4 Å². The zero-order chi connectivity index (χ0) is 17.7. The van der Waals surface area contributed by atoms with E-state index in [1.54, 1.807) is 39.0 Å². The Bertz CT molecular complexity index is 793. The summed E-state index contributed by atoms with van der Waals surface area (Å²) >= 11 is 0. The van der Waals surface area contributed by atoms with Crippen LogP contribution in [0.4, 0.5) is 0 Å². The number of aryl methyl sites for hydroxylation is 1. The van der Waals surface area contributed by atoms with Gasteiger partial charge in [-0.3, -0.25) is 4.79 Å². The van der Waals surface area contributed by atoms with E-state index in [4.69, 9.17) is 4.74 Å². The maximum atomic E-state index is 12.2. The minimum absolute atomic E-state index is 0.0620. The Kier molecular flexibility index (Phi) is 5.36. The van der Waals surface area contributed by atoms with E-state index < -0.39 is 11.9 Å². The van der Waals surface area contributed by atoms with Crippen LogP contribution in [0.2, 0.25) is 0 Å². The fraction of sp³-hybridized carbons (Fsp3) is 0.235. The Labute approximate surface area is 139 Å². The number of para-hydroxylation sites is 1. The van der Waals surface area contributed by atoms with Crippen LogP contribution in [0.1, 0.15) is 44.6 Å². The van der Waals surface area contributed by atoms with Crippen LogP contribution in [0.3, 0.4) is 0 Å². The van der Waals surface area contributed by atoms with Crippen LogP contribution >= 0.6 is 0 Å². The quantitative estimate of drug-likeness (QED) is 0.445. The standard InChI is InChI=1S/C17H19N3O4/c1-4-24-17(23)14-10(2)15(19-11(14)3)16(22)20-18-9-12-7-5-6-8-13(12)21/h5-9,19,21H,4H2,1-3H3,(H,20,22)/b18-9+. The first-order chi connectivity index (χ1) is 11.5. The lowest BCUT2D eigenvalue weighted by Crippen LogP contribution is -2.19. The summed E-state index contributed by atoms with van der Waals surface area (Å²) in [5.74, 6) is -0.898. The van der Waals surface area contributed by atoms with E-state index in [0.717, 1.165) is 0 Å². The number of hydrazone groups is 1. The third kappa shape index (κ3) is 3.62. The van der Waals surface area contributed by atoms with Crippen molar-refractivity contribution in [3.8, 4) is 5.75 Å². The first-order valence-electron chi connectivity index (χ1n) is 7.43. The second-order valence-electron chi connectivity index (χ2n) is 5.10. The molecule has 0 unspecified atom stereocenters. The van der Waals surface area contributed by atoms with Crippen molar-refractivity contribution in [2.24, 2.45) is 5.10 Å². The number of aromatic hydroxyl groups is 1. The smallest absolute Gasteiger partial charge is 0.340 e. The van der Waals surface area contributed by atoms with E-state index in [2.05, 4.69) is 15.5 Å². The number of carbonyl (C=O) groups is 2. The molecule has 0 atom stereocenters. The molecule has 1 aromatic heterocycles. The molecule has 0 saturated heterocycles. The predicted octanol–water partition coefficient (Wildman–Crippen LogP) is 2.28. The van der Waals surface area contributed by atoms with Gasteiger partial charge in [-0.2, -0.15) is 5.10 Å². The van der Waals surface area contributed by atoms with Crippen LogP contribution in [0, 0.1) is 13.8 Å². The predicted molar refractivity (Wildman–Crippen MR) is 89.4 cm³/mol. The molecule has 7 nitrogen and oxygen atoms in total. The van der Waals surface area contributed by atoms with Crippen LogP contribution in [0.15, 0.2) is 29.4 Å². The van der Waals surface area contributed by atoms with Gasteiger partial charge in [0.05, 0.1) is 18.4 Å². The Hall–Kier alpha value is -3.09. The highest BCUT2D eigenvalue weighted by Crippen LogP contribution is 2.19. The van der Waals surface area contributed by atoms with Crippen molar-refractivity contribution in [2.75, 3.05) is 6.61 Å². The fourth-order valence-corrected chi connectivity index (χ4v) is 2.30. The van der Waals surface area contributed by atoms with Gasteiger partial charge in [-0.15, -0.1) is 0 Å². The van der Waals surface area contributed by atoms with E-state index >= 15 is 0 Å². The van der Waals surface area contributed by atoms with Crippen molar-refractivity contribution < 1.29 is 19.4 Å². The molecule has 0 spiro atoms. The number of hydrogen-bond acceptors (Lipinski definition) is 5. The summed E-state index contributed by atoms with van der Waals surface area (Å²) in [4.78, 5) is 27.0. The number of hydrogen-bond donors (Lipinski definition) is 3. The average molecular weight is 329 g/mol. The van der Waals surface area contributed by atoms with Gasteiger partial charge in [0, 0.05) is 11.3 Å². The lowest BCUT2D eigenvalue weighted by Gasteiger charge is -2.02. The maximum Gasteiger partial charge on any atom is 0.340 e. The van der Waals surface area contributed by atoms with Crippen molar-refractivity contribution in [3.63, 3.8) is 0 Å². The summed E-state index contributed by atoms with van der Waals surface area (Å²) in [6, 6.07) is 6.61. The second-order valence-corrected chi connectivity index (χ2v) is 5.10. The van der Waals surface area contributed by atoms with Gasteiger partial charge >= 0.3 is 5.97 Å². The summed E-state index contributed by atoms with van der Waals surface area (Å²) in [7, 11) is 0. The number of phenols is 1. The summed E-state index contributed by atoms with van der Waals surface area (Å²) in [6.07, 6.45) is 1.34. The molecule has 0 fully saturated rings. The molecule has 24 heavy (non-hydrogen) atoms. The van der Waals surface area contributed by atoms with Gasteiger partial charge in [0.15, 0.2) is 0 Å². The highest BCUT2D eigenvalue weighted by molar-refractivity contribution is 6.00. The van der Waals surface area contributed by atoms with Crippen LogP contribution < -0.4 is 5.43 Å². The minimum atomic E-state index is -0.488. The highest BCUT2D eigenvalue weighted by atomic mass is 16.5. The number of amides is 1. The molecule has 0 aliphatic heterocycles. The van der Waals surface area contributed by atoms with Gasteiger partial charge in [0.25, 0.3) is 5.91 Å². The number of ether oxygens (including phenoxy) is 1. The zero-order valence-corrected chi connectivity index (χ0v) is 13.7. The Balaban J connectivity index is 2.15. The number of nitrogens with zero attached hydrogens (tertiary/aromatic N) is 1. The summed E-state index contributed by atoms with van der Waals surface area (Å²) in [5, 5.41) is 13.4. The molecule has 1 aromatic carbocycles. The van der Waals surface area contributed by atoms with Crippen LogP contribution in [0.5, 0.6) is 5.75 Å². The van der Waals surface area contributed by atoms with Crippen LogP contribution in [0.25, 0.3) is 0 Å². The molecular formula is C17H19N3O4. The Morgan fingerprint density at radius 1 is 1.33 bits per heavy atom. The molecule has 126 valence electrons. The molecule has 0 bridgehead atoms. The summed E-state index contributed by atoms with van der Waals surface area (Å²) in [6.45, 7) is 5.34. The topological polar surface area (TPSA) is 104 Å². The number of H-pyrrole nitrogens is 1. The number of aromatic nitrogens is 1. The average Bonchev–Trinajstić information content (AvgIpc) is 2.84. The van der Waals surface area contributed by atoms with Gasteiger partial charge < -0.3 is 14.8 Å². The molecule has 1 heterocycles. The molecule has 0 aliphatic rings. The van der Waals surface area contributed by atoms with Crippen molar-refractivity contribution in [1.29, 1.82) is 0 Å². The number of phenolic OH excluding ortho intramolecular Hbond substituents is 1. The molecule has 3 N–H and O–H groups in total. The zero-order valence-electron chi connectivity index (χ0n) is 13.7. The van der Waals surface area contributed by atoms with Crippen molar-refractivity contribution >= 4 is 18.1 Å². The molecule has 2 aromatic rings. The number of esters is 1. The molecule has 0 saturated carbocycles. The van der Waals surface area contributed by atoms with Crippen LogP contribution in [-0.4, -0.2) is 34.8 Å². The first kappa shape index (κ1) is 17.3. The van der Waals surface area contributed by atoms with Gasteiger partial charge in [-0.1, -0.05) is 12.1 Å². The van der Waals surface area contributed by atoms with Crippen molar-refractivity contribution in [1.82, 2.24) is 10.4 Å². The van der Waals surface area contributed by atoms with E-state index in [9.17, 15) is 14.7 Å². The number of benzene rings is 1. The van der Waals surface area contributed by atoms with Gasteiger partial charge in [0.2, 0.25) is 0 Å². The Morgan fingerprint density at radius 2 is 2.04 bits per heavy atom. The lowest BCUT2D eigenvalue weighted by atomic mass is 10.1. The SMILES string of the molecule is CCOC(=O)c1c(C)[nH]c(C(=O)N/N=C/c2ccccc2O)c1C. The maximum absolute atomic E-state index is 12.2. The minimum Gasteiger partial charge on any atom is -0.507 e. The largest absolute Gasteiger partial charge is 0.507 e. The van der Waals surface area contributed by atoms with Gasteiger partial charge in [-0.05, 0) is 38.5 Å². The molecule has 7 heteroatoms. The molecular weight excluding hydrogens is 310 g/mol. The molecule has 2 rings (SSSR count). The third-order valence-corrected chi connectivity index (χ3v) is 3.45. The van der Waals surface area contributed by atoms with E-state index in [0.29, 0.717) is 22.4 Å². The summed E-state index contributed by atoms with van der Waals surface area (Å²) in [5.41, 5.74) is 4.49. The monoisotopic (exact) mass is 329 g/mol. The van der Waals surface area contributed by atoms with E-state index in [1.807, 2.05) is 0 Å².